The number of likely N-dealkylation sites (N-methyl/N-ethyl adjacent to an activating group) is 2. The van der Waals surface area contributed by atoms with Gasteiger partial charge in [0.05, 0.1) is 13.2 Å². The van der Waals surface area contributed by atoms with Crippen LogP contribution in [-0.2, 0) is 4.74 Å². The Morgan fingerprint density at radius 2 is 1.88 bits per heavy atom. The molecular formula is C14H32N2O. The number of rotatable bonds is 9. The summed E-state index contributed by atoms with van der Waals surface area (Å²) in [6, 6.07) is 0. The highest BCUT2D eigenvalue weighted by atomic mass is 16.5. The molecule has 0 atom stereocenters. The SMILES string of the molecule is C=C(C(C)C)N(C)CCOCCNCC.CC. The van der Waals surface area contributed by atoms with Crippen LogP contribution in [0.1, 0.15) is 34.6 Å². The zero-order valence-corrected chi connectivity index (χ0v) is 12.7. The Bertz CT molecular complexity index is 170. The number of nitrogens with one attached hydrogen (secondary N) is 1. The first kappa shape index (κ1) is 18.8. The van der Waals surface area contributed by atoms with Crippen LogP contribution in [0.15, 0.2) is 12.3 Å². The van der Waals surface area contributed by atoms with Gasteiger partial charge in [0.25, 0.3) is 0 Å². The minimum Gasteiger partial charge on any atom is -0.378 e. The second kappa shape index (κ2) is 13.5. The topological polar surface area (TPSA) is 24.5 Å². The third-order valence-electron chi connectivity index (χ3n) is 2.40. The van der Waals surface area contributed by atoms with Gasteiger partial charge in [-0.2, -0.15) is 0 Å². The van der Waals surface area contributed by atoms with Crippen molar-refractivity contribution in [3.05, 3.63) is 12.3 Å². The summed E-state index contributed by atoms with van der Waals surface area (Å²) < 4.78 is 5.49. The largest absolute Gasteiger partial charge is 0.378 e. The predicted molar refractivity (Wildman–Crippen MR) is 77.3 cm³/mol. The Labute approximate surface area is 108 Å². The van der Waals surface area contributed by atoms with Crippen molar-refractivity contribution in [1.82, 2.24) is 10.2 Å². The van der Waals surface area contributed by atoms with Crippen molar-refractivity contribution >= 4 is 0 Å². The summed E-state index contributed by atoms with van der Waals surface area (Å²) in [4.78, 5) is 2.16. The quantitative estimate of drug-likeness (QED) is 0.631. The molecule has 3 nitrogen and oxygen atoms in total. The normalized spacial score (nSPS) is 9.82. The van der Waals surface area contributed by atoms with Gasteiger partial charge in [0.15, 0.2) is 0 Å². The van der Waals surface area contributed by atoms with Gasteiger partial charge in [0.2, 0.25) is 0 Å². The first-order chi connectivity index (χ1) is 8.09. The van der Waals surface area contributed by atoms with Crippen LogP contribution in [-0.4, -0.2) is 44.8 Å². The summed E-state index contributed by atoms with van der Waals surface area (Å²) >= 11 is 0. The second-order valence-corrected chi connectivity index (χ2v) is 4.03. The third kappa shape index (κ3) is 11.7. The summed E-state index contributed by atoms with van der Waals surface area (Å²) in [6.45, 7) is 18.9. The van der Waals surface area contributed by atoms with E-state index in [0.717, 1.165) is 32.8 Å². The van der Waals surface area contributed by atoms with Gasteiger partial charge in [-0.25, -0.2) is 0 Å². The Morgan fingerprint density at radius 1 is 1.29 bits per heavy atom. The van der Waals surface area contributed by atoms with Crippen LogP contribution in [0.4, 0.5) is 0 Å². The minimum absolute atomic E-state index is 0.511. The lowest BCUT2D eigenvalue weighted by Crippen LogP contribution is -2.26. The molecule has 0 spiro atoms. The molecule has 0 aliphatic heterocycles. The molecule has 1 N–H and O–H groups in total. The van der Waals surface area contributed by atoms with Gasteiger partial charge in [-0.1, -0.05) is 41.2 Å². The fraction of sp³-hybridized carbons (Fsp3) is 0.857. The van der Waals surface area contributed by atoms with Gasteiger partial charge in [-0.3, -0.25) is 0 Å². The molecule has 0 rings (SSSR count). The van der Waals surface area contributed by atoms with E-state index in [1.54, 1.807) is 0 Å². The molecule has 0 radical (unpaired) electrons. The van der Waals surface area contributed by atoms with Crippen LogP contribution in [0.2, 0.25) is 0 Å². The van der Waals surface area contributed by atoms with E-state index in [0.29, 0.717) is 5.92 Å². The van der Waals surface area contributed by atoms with Crippen LogP contribution >= 0.6 is 0 Å². The molecule has 0 aromatic carbocycles. The number of hydrogen-bond acceptors (Lipinski definition) is 3. The number of nitrogens with zero attached hydrogens (tertiary/aromatic N) is 1. The molecule has 0 aromatic heterocycles. The lowest BCUT2D eigenvalue weighted by atomic mass is 10.1. The Kier molecular flexibility index (Phi) is 15.0. The molecule has 3 heteroatoms. The van der Waals surface area contributed by atoms with Gasteiger partial charge in [-0.15, -0.1) is 0 Å². The summed E-state index contributed by atoms with van der Waals surface area (Å²) in [5.41, 5.74) is 1.17. The average Bonchev–Trinajstić information content (AvgIpc) is 2.34. The van der Waals surface area contributed by atoms with E-state index in [9.17, 15) is 0 Å². The maximum atomic E-state index is 5.49. The molecular weight excluding hydrogens is 212 g/mol. The molecule has 0 bridgehead atoms. The molecule has 0 saturated heterocycles. The Balaban J connectivity index is 0. The summed E-state index contributed by atoms with van der Waals surface area (Å²) in [7, 11) is 2.07. The van der Waals surface area contributed by atoms with Crippen LogP contribution in [0, 0.1) is 5.92 Å². The lowest BCUT2D eigenvalue weighted by molar-refractivity contribution is 0.119. The summed E-state index contributed by atoms with van der Waals surface area (Å²) in [5, 5.41) is 3.22. The fourth-order valence-electron chi connectivity index (χ4n) is 1.21. The zero-order valence-electron chi connectivity index (χ0n) is 12.7. The van der Waals surface area contributed by atoms with E-state index in [4.69, 9.17) is 4.74 Å². The van der Waals surface area contributed by atoms with Gasteiger partial charge < -0.3 is 15.0 Å². The highest BCUT2D eigenvalue weighted by Gasteiger charge is 2.05. The highest BCUT2D eigenvalue weighted by molar-refractivity contribution is 4.95. The molecule has 0 fully saturated rings. The number of hydrogen-bond donors (Lipinski definition) is 1. The van der Waals surface area contributed by atoms with Crippen molar-refractivity contribution in [2.75, 3.05) is 39.9 Å². The molecule has 0 aromatic rings. The van der Waals surface area contributed by atoms with E-state index in [1.165, 1.54) is 5.70 Å². The van der Waals surface area contributed by atoms with Crippen molar-refractivity contribution in [2.45, 2.75) is 34.6 Å². The molecule has 0 aliphatic rings. The zero-order chi connectivity index (χ0) is 13.7. The van der Waals surface area contributed by atoms with Crippen LogP contribution in [0.3, 0.4) is 0 Å². The summed E-state index contributed by atoms with van der Waals surface area (Å²) in [6.07, 6.45) is 0. The van der Waals surface area contributed by atoms with Crippen molar-refractivity contribution in [3.8, 4) is 0 Å². The maximum absolute atomic E-state index is 5.49. The first-order valence-corrected chi connectivity index (χ1v) is 6.78. The average molecular weight is 244 g/mol. The number of allylic oxidation sites excluding steroid dienone is 1. The van der Waals surface area contributed by atoms with Gasteiger partial charge in [0, 0.05) is 25.8 Å². The van der Waals surface area contributed by atoms with E-state index >= 15 is 0 Å². The van der Waals surface area contributed by atoms with Crippen LogP contribution in [0.5, 0.6) is 0 Å². The molecule has 0 aliphatic carbocycles. The van der Waals surface area contributed by atoms with Crippen molar-refractivity contribution in [3.63, 3.8) is 0 Å². The van der Waals surface area contributed by atoms with Crippen LogP contribution in [0.25, 0.3) is 0 Å². The predicted octanol–water partition coefficient (Wildman–Crippen LogP) is 2.74. The van der Waals surface area contributed by atoms with E-state index < -0.39 is 0 Å². The summed E-state index contributed by atoms with van der Waals surface area (Å²) in [5.74, 6) is 0.511. The van der Waals surface area contributed by atoms with Crippen LogP contribution < -0.4 is 5.32 Å². The molecule has 0 saturated carbocycles. The second-order valence-electron chi connectivity index (χ2n) is 4.03. The molecule has 104 valence electrons. The van der Waals surface area contributed by atoms with E-state index in [1.807, 2.05) is 13.8 Å². The van der Waals surface area contributed by atoms with E-state index in [2.05, 4.69) is 44.6 Å². The monoisotopic (exact) mass is 244 g/mol. The first-order valence-electron chi connectivity index (χ1n) is 6.78. The Hall–Kier alpha value is -0.540. The molecule has 0 heterocycles. The molecule has 0 amide bonds. The van der Waals surface area contributed by atoms with Crippen molar-refractivity contribution in [2.24, 2.45) is 5.92 Å². The third-order valence-corrected chi connectivity index (χ3v) is 2.40. The standard InChI is InChI=1S/C12H26N2O.C2H6/c1-6-13-7-9-15-10-8-14(5)12(4)11(2)3;1-2/h11,13H,4,6-10H2,1-3,5H3;1-2H3. The smallest absolute Gasteiger partial charge is 0.0642 e. The minimum atomic E-state index is 0.511. The van der Waals surface area contributed by atoms with Gasteiger partial charge in [0.1, 0.15) is 0 Å². The highest BCUT2D eigenvalue weighted by Crippen LogP contribution is 2.09. The van der Waals surface area contributed by atoms with Crippen molar-refractivity contribution < 1.29 is 4.74 Å². The van der Waals surface area contributed by atoms with Gasteiger partial charge >= 0.3 is 0 Å². The number of ether oxygens (including phenoxy) is 1. The van der Waals surface area contributed by atoms with Crippen molar-refractivity contribution in [1.29, 1.82) is 0 Å². The maximum Gasteiger partial charge on any atom is 0.0642 e. The molecule has 17 heavy (non-hydrogen) atoms. The lowest BCUT2D eigenvalue weighted by Gasteiger charge is -2.24. The van der Waals surface area contributed by atoms with E-state index in [-0.39, 0.29) is 0 Å². The molecule has 0 unspecified atom stereocenters. The van der Waals surface area contributed by atoms with Gasteiger partial charge in [-0.05, 0) is 12.5 Å². The fourth-order valence-corrected chi connectivity index (χ4v) is 1.21. The Morgan fingerprint density at radius 3 is 2.35 bits per heavy atom.